The summed E-state index contributed by atoms with van der Waals surface area (Å²) in [5.41, 5.74) is 0. The standard InChI is InChI=1S/C13H31NSi2/c1-12(2)14(16-11-7-10-15-3)13-8-5-4-6-9-13/h12-13H,4-11,15-16H2,1-3H3. The number of hydrogen-bond acceptors (Lipinski definition) is 1. The Morgan fingerprint density at radius 1 is 1.12 bits per heavy atom. The fraction of sp³-hybridized carbons (Fsp3) is 1.00. The van der Waals surface area contributed by atoms with Crippen molar-refractivity contribution in [1.82, 2.24) is 4.57 Å². The average molecular weight is 258 g/mol. The predicted octanol–water partition coefficient (Wildman–Crippen LogP) is 2.56. The van der Waals surface area contributed by atoms with Gasteiger partial charge in [0.25, 0.3) is 0 Å². The molecule has 1 aliphatic rings. The van der Waals surface area contributed by atoms with Crippen LogP contribution in [0.4, 0.5) is 0 Å². The second kappa shape index (κ2) is 8.48. The van der Waals surface area contributed by atoms with Crippen LogP contribution < -0.4 is 0 Å². The number of rotatable bonds is 7. The minimum atomic E-state index is 0.0682. The molecule has 0 N–H and O–H groups in total. The molecule has 0 unspecified atom stereocenters. The highest BCUT2D eigenvalue weighted by Gasteiger charge is 2.22. The molecule has 0 aromatic heterocycles. The first kappa shape index (κ1) is 14.5. The summed E-state index contributed by atoms with van der Waals surface area (Å²) in [4.78, 5) is 0. The van der Waals surface area contributed by atoms with Crippen LogP contribution in [0.1, 0.15) is 52.4 Å². The molecule has 0 radical (unpaired) electrons. The molecule has 1 rings (SSSR count). The monoisotopic (exact) mass is 257 g/mol. The Bertz CT molecular complexity index is 167. The molecule has 3 heteroatoms. The molecule has 0 spiro atoms. The molecule has 1 saturated carbocycles. The Labute approximate surface area is 107 Å². The van der Waals surface area contributed by atoms with Crippen LogP contribution in [0.3, 0.4) is 0 Å². The van der Waals surface area contributed by atoms with Gasteiger partial charge in [-0.25, -0.2) is 0 Å². The van der Waals surface area contributed by atoms with Crippen molar-refractivity contribution in [2.75, 3.05) is 0 Å². The Hall–Kier alpha value is 0.394. The molecule has 0 bridgehead atoms. The molecule has 0 amide bonds. The second-order valence-electron chi connectivity index (χ2n) is 5.68. The maximum Gasteiger partial charge on any atom is 0.0956 e. The van der Waals surface area contributed by atoms with Gasteiger partial charge in [-0.1, -0.05) is 58.2 Å². The molecule has 1 fully saturated rings. The zero-order chi connectivity index (χ0) is 11.8. The Balaban J connectivity index is 2.28. The lowest BCUT2D eigenvalue weighted by atomic mass is 9.95. The quantitative estimate of drug-likeness (QED) is 0.500. The van der Waals surface area contributed by atoms with E-state index in [2.05, 4.69) is 25.0 Å². The molecule has 1 nitrogen and oxygen atoms in total. The summed E-state index contributed by atoms with van der Waals surface area (Å²) < 4.78 is 2.93. The molecular weight excluding hydrogens is 226 g/mol. The number of nitrogens with zero attached hydrogens (tertiary/aromatic N) is 1. The van der Waals surface area contributed by atoms with E-state index in [9.17, 15) is 0 Å². The molecule has 0 aromatic rings. The first-order valence-electron chi connectivity index (χ1n) is 7.51. The van der Waals surface area contributed by atoms with Gasteiger partial charge in [0.1, 0.15) is 0 Å². The lowest BCUT2D eigenvalue weighted by Crippen LogP contribution is -2.43. The first-order valence-corrected chi connectivity index (χ1v) is 11.6. The van der Waals surface area contributed by atoms with Crippen molar-refractivity contribution in [2.45, 2.75) is 83.1 Å². The smallest absolute Gasteiger partial charge is 0.0956 e. The van der Waals surface area contributed by atoms with E-state index in [-0.39, 0.29) is 9.68 Å². The van der Waals surface area contributed by atoms with Crippen molar-refractivity contribution in [3.05, 3.63) is 0 Å². The lowest BCUT2D eigenvalue weighted by molar-refractivity contribution is 0.222. The maximum absolute atomic E-state index is 2.93. The summed E-state index contributed by atoms with van der Waals surface area (Å²) in [6.45, 7) is 7.27. The lowest BCUT2D eigenvalue weighted by Gasteiger charge is -2.37. The molecule has 0 atom stereocenters. The summed E-state index contributed by atoms with van der Waals surface area (Å²) >= 11 is 0. The topological polar surface area (TPSA) is 3.24 Å². The van der Waals surface area contributed by atoms with Crippen LogP contribution in [0, 0.1) is 0 Å². The van der Waals surface area contributed by atoms with E-state index in [4.69, 9.17) is 0 Å². The highest BCUT2D eigenvalue weighted by Crippen LogP contribution is 2.24. The first-order chi connectivity index (χ1) is 7.75. The van der Waals surface area contributed by atoms with E-state index in [1.807, 2.05) is 0 Å². The van der Waals surface area contributed by atoms with Gasteiger partial charge >= 0.3 is 0 Å². The fourth-order valence-corrected chi connectivity index (χ4v) is 6.75. The highest BCUT2D eigenvalue weighted by molar-refractivity contribution is 6.34. The van der Waals surface area contributed by atoms with Gasteiger partial charge in [0.2, 0.25) is 0 Å². The van der Waals surface area contributed by atoms with E-state index in [1.54, 1.807) is 18.5 Å². The van der Waals surface area contributed by atoms with E-state index in [0.717, 1.165) is 12.1 Å². The predicted molar refractivity (Wildman–Crippen MR) is 81.0 cm³/mol. The Kier molecular flexibility index (Phi) is 7.66. The van der Waals surface area contributed by atoms with Crippen molar-refractivity contribution in [3.8, 4) is 0 Å². The molecule has 16 heavy (non-hydrogen) atoms. The molecule has 96 valence electrons. The summed E-state index contributed by atoms with van der Waals surface area (Å²) in [5.74, 6) is 0. The van der Waals surface area contributed by atoms with Crippen LogP contribution >= 0.6 is 0 Å². The van der Waals surface area contributed by atoms with Gasteiger partial charge in [-0.3, -0.25) is 0 Å². The summed E-state index contributed by atoms with van der Waals surface area (Å²) in [5, 5.41) is 0. The fourth-order valence-electron chi connectivity index (χ4n) is 3.00. The van der Waals surface area contributed by atoms with Gasteiger partial charge in [0, 0.05) is 15.6 Å². The molecule has 0 aliphatic heterocycles. The number of hydrogen-bond donors (Lipinski definition) is 0. The third-order valence-corrected chi connectivity index (χ3v) is 7.76. The zero-order valence-electron chi connectivity index (χ0n) is 11.7. The van der Waals surface area contributed by atoms with Crippen LogP contribution in [-0.2, 0) is 0 Å². The second-order valence-corrected chi connectivity index (χ2v) is 9.28. The van der Waals surface area contributed by atoms with E-state index in [0.29, 0.717) is 9.52 Å². The largest absolute Gasteiger partial charge is 0.324 e. The van der Waals surface area contributed by atoms with E-state index >= 15 is 0 Å². The molecule has 0 heterocycles. The zero-order valence-corrected chi connectivity index (χ0v) is 14.5. The van der Waals surface area contributed by atoms with Gasteiger partial charge in [0.05, 0.1) is 9.68 Å². The van der Waals surface area contributed by atoms with Gasteiger partial charge in [-0.15, -0.1) is 0 Å². The van der Waals surface area contributed by atoms with Crippen LogP contribution in [0.15, 0.2) is 0 Å². The highest BCUT2D eigenvalue weighted by atomic mass is 28.2. The average Bonchev–Trinajstić information content (AvgIpc) is 2.30. The third kappa shape index (κ3) is 5.15. The van der Waals surface area contributed by atoms with Gasteiger partial charge < -0.3 is 4.57 Å². The van der Waals surface area contributed by atoms with Crippen molar-refractivity contribution < 1.29 is 0 Å². The molecule has 1 aliphatic carbocycles. The van der Waals surface area contributed by atoms with Crippen LogP contribution in [0.2, 0.25) is 18.6 Å². The van der Waals surface area contributed by atoms with Gasteiger partial charge in [-0.05, 0) is 18.9 Å². The Morgan fingerprint density at radius 2 is 1.81 bits per heavy atom. The SMILES string of the molecule is C[SiH2]CCC[SiH2]N(C(C)C)C1CCCCC1. The van der Waals surface area contributed by atoms with Crippen LogP contribution in [0.5, 0.6) is 0 Å². The van der Waals surface area contributed by atoms with E-state index in [1.165, 1.54) is 32.1 Å². The van der Waals surface area contributed by atoms with Crippen LogP contribution in [0.25, 0.3) is 0 Å². The molecule has 0 aromatic carbocycles. The summed E-state index contributed by atoms with van der Waals surface area (Å²) in [7, 11) is 0.399. The Morgan fingerprint density at radius 3 is 2.38 bits per heavy atom. The summed E-state index contributed by atoms with van der Waals surface area (Å²) in [6, 6.07) is 4.95. The van der Waals surface area contributed by atoms with Gasteiger partial charge in [-0.2, -0.15) is 0 Å². The molecule has 0 saturated heterocycles. The minimum Gasteiger partial charge on any atom is -0.324 e. The minimum absolute atomic E-state index is 0.0682. The van der Waals surface area contributed by atoms with Crippen molar-refractivity contribution in [3.63, 3.8) is 0 Å². The van der Waals surface area contributed by atoms with Crippen molar-refractivity contribution >= 4 is 19.2 Å². The maximum atomic E-state index is 2.93. The van der Waals surface area contributed by atoms with Crippen molar-refractivity contribution in [1.29, 1.82) is 0 Å². The molecular formula is C13H31NSi2. The van der Waals surface area contributed by atoms with E-state index < -0.39 is 0 Å². The third-order valence-electron chi connectivity index (χ3n) is 3.98. The van der Waals surface area contributed by atoms with Crippen molar-refractivity contribution in [2.24, 2.45) is 0 Å². The van der Waals surface area contributed by atoms with Gasteiger partial charge in [0.15, 0.2) is 0 Å². The normalized spacial score (nSPS) is 20.1. The van der Waals surface area contributed by atoms with Crippen LogP contribution in [-0.4, -0.2) is 35.8 Å². The summed E-state index contributed by atoms with van der Waals surface area (Å²) in [6.07, 6.45) is 9.01.